The number of rotatable bonds is 7. The highest BCUT2D eigenvalue weighted by molar-refractivity contribution is 7.92. The van der Waals surface area contributed by atoms with Crippen molar-refractivity contribution >= 4 is 26.5 Å². The van der Waals surface area contributed by atoms with Crippen LogP contribution in [0.25, 0.3) is 10.8 Å². The van der Waals surface area contributed by atoms with Gasteiger partial charge in [-0.25, -0.2) is 12.8 Å². The molecule has 0 spiro atoms. The number of nitrogens with one attached hydrogen (secondary N) is 1. The lowest BCUT2D eigenvalue weighted by Crippen LogP contribution is -2.19. The van der Waals surface area contributed by atoms with Gasteiger partial charge in [-0.2, -0.15) is 13.2 Å². The monoisotopic (exact) mass is 457 g/mol. The van der Waals surface area contributed by atoms with E-state index < -0.39 is 40.6 Å². The van der Waals surface area contributed by atoms with Crippen molar-refractivity contribution < 1.29 is 30.7 Å². The SMILES string of the molecule is CC.O=S(=O)(CCCC(F)(F)F)Nc1cc(F)cc(Oc2cccc3ccccc23)c1. The van der Waals surface area contributed by atoms with Crippen molar-refractivity contribution in [1.82, 2.24) is 0 Å². The van der Waals surface area contributed by atoms with Crippen molar-refractivity contribution in [3.63, 3.8) is 0 Å². The van der Waals surface area contributed by atoms with Crippen molar-refractivity contribution in [2.45, 2.75) is 32.9 Å². The Balaban J connectivity index is 0.00000166. The highest BCUT2D eigenvalue weighted by Crippen LogP contribution is 2.32. The van der Waals surface area contributed by atoms with Crippen LogP contribution in [0.5, 0.6) is 11.5 Å². The summed E-state index contributed by atoms with van der Waals surface area (Å²) in [6.07, 6.45) is -6.24. The molecule has 0 saturated carbocycles. The van der Waals surface area contributed by atoms with E-state index in [0.29, 0.717) is 5.75 Å². The van der Waals surface area contributed by atoms with Gasteiger partial charge in [0, 0.05) is 23.9 Å². The van der Waals surface area contributed by atoms with Crippen LogP contribution in [-0.4, -0.2) is 20.3 Å². The smallest absolute Gasteiger partial charge is 0.389 e. The fourth-order valence-electron chi connectivity index (χ4n) is 2.79. The summed E-state index contributed by atoms with van der Waals surface area (Å²) in [4.78, 5) is 0. The first-order valence-electron chi connectivity index (χ1n) is 9.65. The molecule has 0 aliphatic rings. The summed E-state index contributed by atoms with van der Waals surface area (Å²) in [6.45, 7) is 4.00. The second kappa shape index (κ2) is 10.5. The van der Waals surface area contributed by atoms with Crippen LogP contribution in [0, 0.1) is 5.82 Å². The van der Waals surface area contributed by atoms with Gasteiger partial charge in [0.2, 0.25) is 10.0 Å². The average molecular weight is 457 g/mol. The van der Waals surface area contributed by atoms with Crippen LogP contribution in [0.15, 0.2) is 60.7 Å². The first-order chi connectivity index (χ1) is 14.6. The molecule has 168 valence electrons. The standard InChI is InChI=1S/C20H17F4NO3S.C2H6/c21-15-11-16(25-29(26,27)10-4-9-20(22,23)24)13-17(12-15)28-19-8-3-6-14-5-1-2-7-18(14)19;1-2/h1-3,5-8,11-13,25H,4,9-10H2;1-2H3. The van der Waals surface area contributed by atoms with Gasteiger partial charge in [0.1, 0.15) is 17.3 Å². The molecule has 9 heteroatoms. The molecule has 0 heterocycles. The van der Waals surface area contributed by atoms with E-state index in [1.165, 1.54) is 6.07 Å². The molecule has 3 aromatic carbocycles. The lowest BCUT2D eigenvalue weighted by molar-refractivity contribution is -0.134. The first-order valence-corrected chi connectivity index (χ1v) is 11.3. The molecule has 0 bridgehead atoms. The van der Waals surface area contributed by atoms with Gasteiger partial charge in [-0.15, -0.1) is 0 Å². The molecule has 31 heavy (non-hydrogen) atoms. The minimum absolute atomic E-state index is 0.0503. The molecule has 0 amide bonds. The van der Waals surface area contributed by atoms with Gasteiger partial charge in [0.25, 0.3) is 0 Å². The van der Waals surface area contributed by atoms with E-state index in [1.807, 2.05) is 44.2 Å². The molecule has 0 saturated heterocycles. The van der Waals surface area contributed by atoms with Gasteiger partial charge in [-0.05, 0) is 23.9 Å². The summed E-state index contributed by atoms with van der Waals surface area (Å²) in [6, 6.07) is 16.0. The summed E-state index contributed by atoms with van der Waals surface area (Å²) >= 11 is 0. The topological polar surface area (TPSA) is 55.4 Å². The second-order valence-corrected chi connectivity index (χ2v) is 8.24. The lowest BCUT2D eigenvalue weighted by atomic mass is 10.1. The largest absolute Gasteiger partial charge is 0.457 e. The van der Waals surface area contributed by atoms with Gasteiger partial charge in [0.05, 0.1) is 11.4 Å². The van der Waals surface area contributed by atoms with Crippen LogP contribution in [0.4, 0.5) is 23.2 Å². The maximum Gasteiger partial charge on any atom is 0.389 e. The van der Waals surface area contributed by atoms with Crippen molar-refractivity contribution in [2.24, 2.45) is 0 Å². The molecule has 3 rings (SSSR count). The molecular weight excluding hydrogens is 434 g/mol. The predicted molar refractivity (Wildman–Crippen MR) is 114 cm³/mol. The van der Waals surface area contributed by atoms with Crippen LogP contribution in [-0.2, 0) is 10.0 Å². The Morgan fingerprint density at radius 2 is 1.65 bits per heavy atom. The fraction of sp³-hybridized carbons (Fsp3) is 0.273. The number of sulfonamides is 1. The highest BCUT2D eigenvalue weighted by atomic mass is 32.2. The van der Waals surface area contributed by atoms with Crippen LogP contribution < -0.4 is 9.46 Å². The van der Waals surface area contributed by atoms with E-state index >= 15 is 0 Å². The predicted octanol–water partition coefficient (Wildman–Crippen LogP) is 6.88. The third kappa shape index (κ3) is 7.75. The van der Waals surface area contributed by atoms with Crippen LogP contribution in [0.1, 0.15) is 26.7 Å². The Morgan fingerprint density at radius 3 is 2.35 bits per heavy atom. The zero-order chi connectivity index (χ0) is 23.1. The fourth-order valence-corrected chi connectivity index (χ4v) is 3.89. The molecule has 0 fully saturated rings. The highest BCUT2D eigenvalue weighted by Gasteiger charge is 2.27. The van der Waals surface area contributed by atoms with E-state index in [-0.39, 0.29) is 11.4 Å². The number of fused-ring (bicyclic) bond motifs is 1. The maximum atomic E-state index is 14.0. The third-order valence-electron chi connectivity index (χ3n) is 4.00. The Hall–Kier alpha value is -2.81. The lowest BCUT2D eigenvalue weighted by Gasteiger charge is -2.12. The third-order valence-corrected chi connectivity index (χ3v) is 5.37. The van der Waals surface area contributed by atoms with Crippen molar-refractivity contribution in [3.05, 3.63) is 66.5 Å². The molecule has 0 unspecified atom stereocenters. The number of halogens is 4. The number of alkyl halides is 3. The van der Waals surface area contributed by atoms with E-state index in [1.54, 1.807) is 12.1 Å². The number of hydrogen-bond acceptors (Lipinski definition) is 3. The van der Waals surface area contributed by atoms with E-state index in [4.69, 9.17) is 4.74 Å². The number of ether oxygens (including phenoxy) is 1. The molecule has 3 aromatic rings. The Kier molecular flexibility index (Phi) is 8.27. The second-order valence-electron chi connectivity index (χ2n) is 6.39. The molecular formula is C22H23F4NO3S. The summed E-state index contributed by atoms with van der Waals surface area (Å²) < 4.78 is 82.4. The van der Waals surface area contributed by atoms with E-state index in [9.17, 15) is 26.0 Å². The van der Waals surface area contributed by atoms with Crippen LogP contribution in [0.3, 0.4) is 0 Å². The molecule has 0 aliphatic heterocycles. The number of benzene rings is 3. The Morgan fingerprint density at radius 1 is 0.968 bits per heavy atom. The Labute approximate surface area is 178 Å². The van der Waals surface area contributed by atoms with Gasteiger partial charge in [0.15, 0.2) is 0 Å². The zero-order valence-corrected chi connectivity index (χ0v) is 17.9. The molecule has 4 nitrogen and oxygen atoms in total. The molecule has 1 N–H and O–H groups in total. The summed E-state index contributed by atoms with van der Waals surface area (Å²) in [5.74, 6) is -0.986. The Bertz CT molecular complexity index is 1110. The minimum atomic E-state index is -4.44. The molecule has 0 atom stereocenters. The van der Waals surface area contributed by atoms with E-state index in [0.717, 1.165) is 22.9 Å². The minimum Gasteiger partial charge on any atom is -0.457 e. The van der Waals surface area contributed by atoms with Crippen molar-refractivity contribution in [2.75, 3.05) is 10.5 Å². The summed E-state index contributed by atoms with van der Waals surface area (Å²) in [5.41, 5.74) is -0.132. The normalized spacial score (nSPS) is 11.5. The average Bonchev–Trinajstić information content (AvgIpc) is 2.68. The van der Waals surface area contributed by atoms with Gasteiger partial charge < -0.3 is 4.74 Å². The number of hydrogen-bond donors (Lipinski definition) is 1. The molecule has 0 aliphatic carbocycles. The summed E-state index contributed by atoms with van der Waals surface area (Å²) in [7, 11) is -4.07. The molecule has 0 aromatic heterocycles. The quantitative estimate of drug-likeness (QED) is 0.394. The first kappa shape index (κ1) is 24.5. The van der Waals surface area contributed by atoms with Gasteiger partial charge in [-0.3, -0.25) is 4.72 Å². The molecule has 0 radical (unpaired) electrons. The van der Waals surface area contributed by atoms with E-state index in [2.05, 4.69) is 4.72 Å². The van der Waals surface area contributed by atoms with Gasteiger partial charge in [-0.1, -0.05) is 50.2 Å². The van der Waals surface area contributed by atoms with Crippen LogP contribution in [0.2, 0.25) is 0 Å². The maximum absolute atomic E-state index is 14.0. The van der Waals surface area contributed by atoms with Crippen LogP contribution >= 0.6 is 0 Å². The van der Waals surface area contributed by atoms with Gasteiger partial charge >= 0.3 is 6.18 Å². The summed E-state index contributed by atoms with van der Waals surface area (Å²) in [5, 5.41) is 1.69. The number of anilines is 1. The zero-order valence-electron chi connectivity index (χ0n) is 17.0. The van der Waals surface area contributed by atoms with Crippen molar-refractivity contribution in [3.8, 4) is 11.5 Å². The van der Waals surface area contributed by atoms with Crippen molar-refractivity contribution in [1.29, 1.82) is 0 Å².